The monoisotopic (exact) mass is 466 g/mol. The highest BCUT2D eigenvalue weighted by molar-refractivity contribution is 9.10. The molecule has 1 amide bonds. The third kappa shape index (κ3) is 5.75. The third-order valence-electron chi connectivity index (χ3n) is 4.56. The van der Waals surface area contributed by atoms with Crippen LogP contribution in [0.25, 0.3) is 0 Å². The van der Waals surface area contributed by atoms with Crippen LogP contribution in [0.1, 0.15) is 5.56 Å². The Morgan fingerprint density at radius 1 is 1.14 bits per heavy atom. The number of halogens is 2. The number of nitrogens with zero attached hydrogens (tertiary/aromatic N) is 3. The van der Waals surface area contributed by atoms with Crippen LogP contribution < -0.4 is 5.32 Å². The van der Waals surface area contributed by atoms with E-state index >= 15 is 0 Å². The zero-order chi connectivity index (χ0) is 20.1. The second-order valence-electron chi connectivity index (χ2n) is 6.65. The van der Waals surface area contributed by atoms with Gasteiger partial charge in [-0.25, -0.2) is 0 Å². The van der Waals surface area contributed by atoms with Crippen LogP contribution in [-0.2, 0) is 11.3 Å². The van der Waals surface area contributed by atoms with Crippen LogP contribution in [0.5, 0.6) is 0 Å². The summed E-state index contributed by atoms with van der Waals surface area (Å²) >= 11 is 9.30. The second kappa shape index (κ2) is 9.47. The predicted octanol–water partition coefficient (Wildman–Crippen LogP) is 3.77. The molecule has 1 saturated heterocycles. The zero-order valence-corrected chi connectivity index (χ0v) is 17.4. The minimum Gasteiger partial charge on any atom is -0.324 e. The Bertz CT molecular complexity index is 872. The smallest absolute Gasteiger partial charge is 0.270 e. The summed E-state index contributed by atoms with van der Waals surface area (Å²) in [5.74, 6) is -0.141. The molecule has 0 aliphatic carbocycles. The fourth-order valence-electron chi connectivity index (χ4n) is 3.11. The Kier molecular flexibility index (Phi) is 7.01. The molecule has 0 spiro atoms. The summed E-state index contributed by atoms with van der Waals surface area (Å²) in [6.45, 7) is 4.48. The average molecular weight is 468 g/mol. The molecule has 1 aliphatic heterocycles. The molecule has 2 aromatic rings. The van der Waals surface area contributed by atoms with Gasteiger partial charge in [0.25, 0.3) is 5.69 Å². The molecule has 1 heterocycles. The number of amides is 1. The van der Waals surface area contributed by atoms with Gasteiger partial charge in [-0.2, -0.15) is 0 Å². The summed E-state index contributed by atoms with van der Waals surface area (Å²) in [4.78, 5) is 27.1. The van der Waals surface area contributed by atoms with E-state index in [4.69, 9.17) is 11.6 Å². The van der Waals surface area contributed by atoms with Crippen molar-refractivity contribution in [1.82, 2.24) is 9.80 Å². The average Bonchev–Trinajstić information content (AvgIpc) is 2.65. The van der Waals surface area contributed by atoms with Crippen LogP contribution in [0.3, 0.4) is 0 Å². The second-order valence-corrected chi connectivity index (χ2v) is 7.94. The molecule has 0 radical (unpaired) electrons. The lowest BCUT2D eigenvalue weighted by atomic mass is 10.2. The number of hydrogen-bond donors (Lipinski definition) is 1. The lowest BCUT2D eigenvalue weighted by Crippen LogP contribution is -2.48. The Morgan fingerprint density at radius 2 is 1.86 bits per heavy atom. The van der Waals surface area contributed by atoms with Crippen molar-refractivity contribution < 1.29 is 9.72 Å². The number of anilines is 1. The van der Waals surface area contributed by atoms with Gasteiger partial charge in [-0.1, -0.05) is 23.7 Å². The molecule has 0 unspecified atom stereocenters. The molecule has 1 fully saturated rings. The lowest BCUT2D eigenvalue weighted by Gasteiger charge is -2.34. The van der Waals surface area contributed by atoms with Crippen LogP contribution in [0.15, 0.2) is 46.9 Å². The van der Waals surface area contributed by atoms with Gasteiger partial charge < -0.3 is 5.32 Å². The summed E-state index contributed by atoms with van der Waals surface area (Å²) in [5.41, 5.74) is 1.68. The van der Waals surface area contributed by atoms with Crippen LogP contribution >= 0.6 is 27.5 Å². The van der Waals surface area contributed by atoms with Crippen molar-refractivity contribution in [3.8, 4) is 0 Å². The first-order valence-corrected chi connectivity index (χ1v) is 10.0. The predicted molar refractivity (Wildman–Crippen MR) is 113 cm³/mol. The van der Waals surface area contributed by atoms with Crippen molar-refractivity contribution in [2.24, 2.45) is 0 Å². The summed E-state index contributed by atoms with van der Waals surface area (Å²) < 4.78 is 0.487. The number of nitro groups is 1. The van der Waals surface area contributed by atoms with E-state index < -0.39 is 4.92 Å². The molecule has 2 aromatic carbocycles. The van der Waals surface area contributed by atoms with Gasteiger partial charge in [0.2, 0.25) is 5.91 Å². The number of hydrogen-bond acceptors (Lipinski definition) is 5. The topological polar surface area (TPSA) is 78.7 Å². The Labute approximate surface area is 176 Å². The Hall–Kier alpha value is -2.00. The molecule has 9 heteroatoms. The molecule has 28 heavy (non-hydrogen) atoms. The number of piperazine rings is 1. The van der Waals surface area contributed by atoms with E-state index in [0.29, 0.717) is 10.2 Å². The molecule has 0 aromatic heterocycles. The maximum absolute atomic E-state index is 12.3. The number of nitrogens with one attached hydrogen (secondary N) is 1. The molecule has 1 aliphatic rings. The van der Waals surface area contributed by atoms with E-state index in [1.807, 2.05) is 18.2 Å². The molecule has 0 atom stereocenters. The van der Waals surface area contributed by atoms with Crippen molar-refractivity contribution >= 4 is 44.8 Å². The summed E-state index contributed by atoms with van der Waals surface area (Å²) in [5, 5.41) is 14.3. The van der Waals surface area contributed by atoms with Crippen LogP contribution in [0.2, 0.25) is 5.02 Å². The van der Waals surface area contributed by atoms with Crippen molar-refractivity contribution in [2.75, 3.05) is 38.0 Å². The molecule has 3 rings (SSSR count). The summed E-state index contributed by atoms with van der Waals surface area (Å²) in [7, 11) is 0. The van der Waals surface area contributed by atoms with Gasteiger partial charge in [-0.15, -0.1) is 0 Å². The normalized spacial score (nSPS) is 15.4. The van der Waals surface area contributed by atoms with Crippen molar-refractivity contribution in [3.63, 3.8) is 0 Å². The Balaban J connectivity index is 1.46. The number of carbonyl (C=O) groups excluding carboxylic acids is 1. The number of carbonyl (C=O) groups is 1. The van der Waals surface area contributed by atoms with Crippen LogP contribution in [0.4, 0.5) is 11.4 Å². The third-order valence-corrected chi connectivity index (χ3v) is 5.46. The minimum absolute atomic E-state index is 0.0271. The molecule has 1 N–H and O–H groups in total. The molecule has 0 saturated carbocycles. The van der Waals surface area contributed by atoms with Crippen molar-refractivity contribution in [3.05, 3.63) is 67.6 Å². The highest BCUT2D eigenvalue weighted by Crippen LogP contribution is 2.27. The van der Waals surface area contributed by atoms with Gasteiger partial charge in [-0.05, 0) is 39.7 Å². The SMILES string of the molecule is O=C(CN1CCN(Cc2cccc(Cl)c2)CC1)Nc1ccc([N+](=O)[O-])cc1Br. The number of rotatable bonds is 6. The van der Waals surface area contributed by atoms with Crippen LogP contribution in [0, 0.1) is 10.1 Å². The lowest BCUT2D eigenvalue weighted by molar-refractivity contribution is -0.384. The van der Waals surface area contributed by atoms with Gasteiger partial charge in [0.1, 0.15) is 0 Å². The first kappa shape index (κ1) is 20.7. The number of nitro benzene ring substituents is 1. The largest absolute Gasteiger partial charge is 0.324 e. The number of benzene rings is 2. The summed E-state index contributed by atoms with van der Waals surface area (Å²) in [6, 6.07) is 12.1. The molecular weight excluding hydrogens is 448 g/mol. The van der Waals surface area contributed by atoms with E-state index in [0.717, 1.165) is 37.7 Å². The molecule has 7 nitrogen and oxygen atoms in total. The fourth-order valence-corrected chi connectivity index (χ4v) is 3.79. The molecular formula is C19H20BrClN4O3. The van der Waals surface area contributed by atoms with Gasteiger partial charge in [0.05, 0.1) is 17.2 Å². The van der Waals surface area contributed by atoms with Crippen LogP contribution in [-0.4, -0.2) is 53.4 Å². The first-order chi connectivity index (χ1) is 13.4. The van der Waals surface area contributed by atoms with E-state index in [2.05, 4.69) is 37.1 Å². The minimum atomic E-state index is -0.473. The Morgan fingerprint density at radius 3 is 2.50 bits per heavy atom. The van der Waals surface area contributed by atoms with E-state index in [1.165, 1.54) is 23.8 Å². The maximum Gasteiger partial charge on any atom is 0.270 e. The standard InChI is InChI=1S/C19H20BrClN4O3/c20-17-11-16(25(27)28)4-5-18(17)22-19(26)13-24-8-6-23(7-9-24)12-14-2-1-3-15(21)10-14/h1-5,10-11H,6-9,12-13H2,(H,22,26). The van der Waals surface area contributed by atoms with E-state index in [-0.39, 0.29) is 18.1 Å². The van der Waals surface area contributed by atoms with Crippen molar-refractivity contribution in [1.29, 1.82) is 0 Å². The fraction of sp³-hybridized carbons (Fsp3) is 0.316. The highest BCUT2D eigenvalue weighted by atomic mass is 79.9. The van der Waals surface area contributed by atoms with Gasteiger partial charge in [0.15, 0.2) is 0 Å². The summed E-state index contributed by atoms with van der Waals surface area (Å²) in [6.07, 6.45) is 0. The van der Waals surface area contributed by atoms with Gasteiger partial charge in [0, 0.05) is 54.4 Å². The number of non-ortho nitro benzene ring substituents is 1. The molecule has 0 bridgehead atoms. The first-order valence-electron chi connectivity index (χ1n) is 8.83. The van der Waals surface area contributed by atoms with E-state index in [1.54, 1.807) is 0 Å². The maximum atomic E-state index is 12.3. The quantitative estimate of drug-likeness (QED) is 0.517. The van der Waals surface area contributed by atoms with E-state index in [9.17, 15) is 14.9 Å². The van der Waals surface area contributed by atoms with Gasteiger partial charge >= 0.3 is 0 Å². The molecule has 148 valence electrons. The van der Waals surface area contributed by atoms with Gasteiger partial charge in [-0.3, -0.25) is 24.7 Å². The van der Waals surface area contributed by atoms with Crippen molar-refractivity contribution in [2.45, 2.75) is 6.54 Å². The zero-order valence-electron chi connectivity index (χ0n) is 15.1. The highest BCUT2D eigenvalue weighted by Gasteiger charge is 2.20.